The number of rotatable bonds is 24. The standard InChI is InChI=1S/C51H67F2N7O7S/c1-35(54-2)33-56-45(38-17-10-5-11-18-38)50(63)60-23-12-19-42(60)48(61)58-46(43(36-13-6-3-7-14-36)37-15-8-4-9-16-37)49(62)55-22-26-64-29-30-66-31-32-67-47-39(20-21-40(52)44(47)53)41-34-68-51(57-41)59-24-27-65-28-25-59/h3-4,6-9,13-16,20-21,34-35,38,42-43,45-46,54,56H,5,10-12,17-19,22-33H2,1-2H3,(H,55,62)(H,58,61)/t35-,42-,45-,46-/m0/s1. The fraction of sp³-hybridized carbons (Fsp3) is 0.529. The van der Waals surface area contributed by atoms with Crippen LogP contribution in [0.25, 0.3) is 11.3 Å². The normalized spacial score (nSPS) is 18.0. The molecule has 4 aromatic rings. The first-order valence-electron chi connectivity index (χ1n) is 24.2. The third-order valence-corrected chi connectivity index (χ3v) is 14.0. The lowest BCUT2D eigenvalue weighted by atomic mass is 9.83. The van der Waals surface area contributed by atoms with E-state index in [1.807, 2.05) is 67.7 Å². The second kappa shape index (κ2) is 26.1. The maximum absolute atomic E-state index is 15.0. The highest BCUT2D eigenvalue weighted by molar-refractivity contribution is 7.14. The molecule has 14 nitrogen and oxygen atoms in total. The summed E-state index contributed by atoms with van der Waals surface area (Å²) in [6.07, 6.45) is 6.48. The minimum absolute atomic E-state index is 0.0400. The third kappa shape index (κ3) is 13.6. The number of nitrogens with zero attached hydrogens (tertiary/aromatic N) is 3. The van der Waals surface area contributed by atoms with Crippen molar-refractivity contribution < 1.29 is 42.1 Å². The number of benzene rings is 3. The second-order valence-electron chi connectivity index (χ2n) is 17.7. The van der Waals surface area contributed by atoms with Crippen molar-refractivity contribution in [2.75, 3.05) is 90.9 Å². The van der Waals surface area contributed by atoms with E-state index >= 15 is 4.39 Å². The van der Waals surface area contributed by atoms with Crippen molar-refractivity contribution in [1.29, 1.82) is 0 Å². The lowest BCUT2D eigenvalue weighted by molar-refractivity contribution is -0.142. The number of carbonyl (C=O) groups is 3. The minimum atomic E-state index is -1.09. The van der Waals surface area contributed by atoms with E-state index in [1.54, 1.807) is 10.3 Å². The van der Waals surface area contributed by atoms with Crippen molar-refractivity contribution in [3.8, 4) is 17.0 Å². The molecule has 2 saturated heterocycles. The highest BCUT2D eigenvalue weighted by Crippen LogP contribution is 2.37. The molecule has 68 heavy (non-hydrogen) atoms. The van der Waals surface area contributed by atoms with Crippen molar-refractivity contribution >= 4 is 34.2 Å². The van der Waals surface area contributed by atoms with Crippen LogP contribution in [0.3, 0.4) is 0 Å². The quantitative estimate of drug-likeness (QED) is 0.0621. The van der Waals surface area contributed by atoms with Crippen molar-refractivity contribution in [1.82, 2.24) is 31.2 Å². The van der Waals surface area contributed by atoms with Crippen LogP contribution in [-0.4, -0.2) is 138 Å². The third-order valence-electron chi connectivity index (χ3n) is 13.1. The molecule has 3 amide bonds. The van der Waals surface area contributed by atoms with Gasteiger partial charge in [-0.3, -0.25) is 14.4 Å². The van der Waals surface area contributed by atoms with E-state index < -0.39 is 29.6 Å². The van der Waals surface area contributed by atoms with E-state index in [0.717, 1.165) is 48.0 Å². The molecular formula is C51H67F2N7O7S. The molecule has 3 fully saturated rings. The number of likely N-dealkylation sites (N-methyl/N-ethyl adjacent to an activating group) is 1. The number of anilines is 1. The number of aromatic nitrogens is 1. The van der Waals surface area contributed by atoms with E-state index in [2.05, 4.69) is 38.1 Å². The Balaban J connectivity index is 0.933. The smallest absolute Gasteiger partial charge is 0.243 e. The summed E-state index contributed by atoms with van der Waals surface area (Å²) in [5, 5.41) is 15.5. The molecule has 1 aliphatic carbocycles. The minimum Gasteiger partial charge on any atom is -0.487 e. The predicted octanol–water partition coefficient (Wildman–Crippen LogP) is 5.91. The SMILES string of the molecule is CN[C@@H](C)CN[C@H](C(=O)N1CCC[C@H]1C(=O)N[C@H](C(=O)NCCOCCOCCOc1c(-c2csc(N3CCOCC3)n2)ccc(F)c1F)C(c1ccccc1)c1ccccc1)C1CCCCC1. The van der Waals surface area contributed by atoms with Gasteiger partial charge in [0, 0.05) is 55.6 Å². The maximum atomic E-state index is 15.0. The van der Waals surface area contributed by atoms with Crippen LogP contribution in [0.5, 0.6) is 5.75 Å². The zero-order chi connectivity index (χ0) is 47.7. The molecular weight excluding hydrogens is 893 g/mol. The molecule has 3 heterocycles. The number of thiazole rings is 1. The maximum Gasteiger partial charge on any atom is 0.243 e. The molecule has 3 aliphatic rings. The number of hydrogen-bond donors (Lipinski definition) is 4. The molecule has 4 N–H and O–H groups in total. The number of carbonyl (C=O) groups excluding carboxylic acids is 3. The predicted molar refractivity (Wildman–Crippen MR) is 259 cm³/mol. The summed E-state index contributed by atoms with van der Waals surface area (Å²) in [7, 11) is 1.91. The van der Waals surface area contributed by atoms with Gasteiger partial charge in [0.2, 0.25) is 23.5 Å². The van der Waals surface area contributed by atoms with E-state index in [1.165, 1.54) is 23.8 Å². The summed E-state index contributed by atoms with van der Waals surface area (Å²) in [6.45, 7) is 6.55. The molecule has 0 bridgehead atoms. The Kier molecular flexibility index (Phi) is 19.5. The molecule has 7 rings (SSSR count). The average Bonchev–Trinajstić information content (AvgIpc) is 4.08. The van der Waals surface area contributed by atoms with Gasteiger partial charge in [0.1, 0.15) is 18.7 Å². The highest BCUT2D eigenvalue weighted by Gasteiger charge is 2.42. The zero-order valence-corrected chi connectivity index (χ0v) is 40.1. The van der Waals surface area contributed by atoms with Gasteiger partial charge in [-0.05, 0) is 68.8 Å². The number of morpholine rings is 1. The number of hydrogen-bond acceptors (Lipinski definition) is 12. The van der Waals surface area contributed by atoms with Crippen LogP contribution in [0, 0.1) is 17.6 Å². The summed E-state index contributed by atoms with van der Waals surface area (Å²) in [6, 6.07) is 19.9. The topological polar surface area (TPSA) is 156 Å². The van der Waals surface area contributed by atoms with Crippen LogP contribution < -0.4 is 30.9 Å². The van der Waals surface area contributed by atoms with Crippen LogP contribution in [0.4, 0.5) is 13.9 Å². The number of halogens is 2. The Morgan fingerprint density at radius 1 is 0.838 bits per heavy atom. The molecule has 4 atom stereocenters. The first-order valence-corrected chi connectivity index (χ1v) is 25.1. The highest BCUT2D eigenvalue weighted by atomic mass is 32.1. The largest absolute Gasteiger partial charge is 0.487 e. The molecule has 1 aromatic heterocycles. The lowest BCUT2D eigenvalue weighted by Gasteiger charge is -2.36. The summed E-state index contributed by atoms with van der Waals surface area (Å²) >= 11 is 1.42. The van der Waals surface area contributed by atoms with Crippen molar-refractivity contribution in [2.24, 2.45) is 5.92 Å². The first kappa shape index (κ1) is 50.8. The van der Waals surface area contributed by atoms with Gasteiger partial charge in [0.25, 0.3) is 0 Å². The van der Waals surface area contributed by atoms with E-state index in [9.17, 15) is 18.8 Å². The fourth-order valence-corrected chi connectivity index (χ4v) is 10.2. The van der Waals surface area contributed by atoms with Crippen LogP contribution in [0.15, 0.2) is 78.2 Å². The monoisotopic (exact) mass is 959 g/mol. The van der Waals surface area contributed by atoms with E-state index in [-0.39, 0.29) is 81.1 Å². The average molecular weight is 960 g/mol. The molecule has 1 saturated carbocycles. The van der Waals surface area contributed by atoms with Gasteiger partial charge < -0.3 is 50.0 Å². The Morgan fingerprint density at radius 3 is 2.21 bits per heavy atom. The first-order chi connectivity index (χ1) is 33.2. The van der Waals surface area contributed by atoms with E-state index in [4.69, 9.17) is 18.9 Å². The van der Waals surface area contributed by atoms with Crippen LogP contribution in [0.1, 0.15) is 68.9 Å². The number of likely N-dealkylation sites (tertiary alicyclic amines) is 1. The van der Waals surface area contributed by atoms with Crippen molar-refractivity contribution in [3.05, 3.63) is 101 Å². The molecule has 17 heteroatoms. The number of ether oxygens (including phenoxy) is 4. The fourth-order valence-electron chi connectivity index (χ4n) is 9.30. The van der Waals surface area contributed by atoms with Gasteiger partial charge >= 0.3 is 0 Å². The van der Waals surface area contributed by atoms with Gasteiger partial charge in [-0.25, -0.2) is 9.37 Å². The molecule has 368 valence electrons. The second-order valence-corrected chi connectivity index (χ2v) is 18.5. The Bertz CT molecular complexity index is 2160. The number of amides is 3. The summed E-state index contributed by atoms with van der Waals surface area (Å²) in [4.78, 5) is 51.9. The Morgan fingerprint density at radius 2 is 1.51 bits per heavy atom. The van der Waals surface area contributed by atoms with E-state index in [0.29, 0.717) is 63.5 Å². The summed E-state index contributed by atoms with van der Waals surface area (Å²) in [5.74, 6) is -3.46. The molecule has 0 spiro atoms. The Hall–Kier alpha value is -5.04. The van der Waals surface area contributed by atoms with Crippen molar-refractivity contribution in [2.45, 2.75) is 82.0 Å². The summed E-state index contributed by atoms with van der Waals surface area (Å²) in [5.41, 5.74) is 2.55. The van der Waals surface area contributed by atoms with Crippen LogP contribution >= 0.6 is 11.3 Å². The van der Waals surface area contributed by atoms with Crippen molar-refractivity contribution in [3.63, 3.8) is 0 Å². The molecule has 0 radical (unpaired) electrons. The molecule has 0 unspecified atom stereocenters. The Labute approximate surface area is 402 Å². The number of nitrogens with one attached hydrogen (secondary N) is 4. The van der Waals surface area contributed by atoms with Gasteiger partial charge in [-0.1, -0.05) is 79.9 Å². The zero-order valence-electron chi connectivity index (χ0n) is 39.3. The van der Waals surface area contributed by atoms with Crippen LogP contribution in [-0.2, 0) is 28.6 Å². The molecule has 3 aromatic carbocycles. The van der Waals surface area contributed by atoms with Gasteiger partial charge in [0.05, 0.1) is 51.4 Å². The molecule has 2 aliphatic heterocycles. The van der Waals surface area contributed by atoms with Gasteiger partial charge in [0.15, 0.2) is 16.7 Å². The van der Waals surface area contributed by atoms with Gasteiger partial charge in [-0.15, -0.1) is 11.3 Å². The summed E-state index contributed by atoms with van der Waals surface area (Å²) < 4.78 is 52.0. The van der Waals surface area contributed by atoms with Gasteiger partial charge in [-0.2, -0.15) is 4.39 Å². The van der Waals surface area contributed by atoms with Crippen LogP contribution in [0.2, 0.25) is 0 Å². The lowest BCUT2D eigenvalue weighted by Crippen LogP contribution is -2.59.